The van der Waals surface area contributed by atoms with Crippen LogP contribution in [0.4, 0.5) is 4.39 Å². The number of ether oxygens (including phenoxy) is 1. The van der Waals surface area contributed by atoms with Crippen LogP contribution in [0.25, 0.3) is 0 Å². The van der Waals surface area contributed by atoms with E-state index in [0.29, 0.717) is 9.50 Å². The van der Waals surface area contributed by atoms with Gasteiger partial charge in [-0.15, -0.1) is 0 Å². The number of halogens is 3. The van der Waals surface area contributed by atoms with Crippen molar-refractivity contribution in [1.82, 2.24) is 0 Å². The third-order valence-electron chi connectivity index (χ3n) is 1.77. The number of esters is 1. The molecule has 0 fully saturated rings. The second-order valence-corrected chi connectivity index (χ2v) is 4.00. The summed E-state index contributed by atoms with van der Waals surface area (Å²) in [6.07, 6.45) is -0.124. The van der Waals surface area contributed by atoms with Crippen molar-refractivity contribution in [1.29, 1.82) is 0 Å². The topological polar surface area (TPSA) is 26.3 Å². The molecule has 0 heterocycles. The maximum Gasteiger partial charge on any atom is 0.310 e. The highest BCUT2D eigenvalue weighted by atomic mass is 79.9. The molecule has 0 radical (unpaired) electrons. The van der Waals surface area contributed by atoms with E-state index >= 15 is 0 Å². The van der Waals surface area contributed by atoms with Gasteiger partial charge in [-0.3, -0.25) is 4.79 Å². The highest BCUT2D eigenvalue weighted by Gasteiger charge is 2.14. The Labute approximate surface area is 101 Å². The first-order valence-corrected chi connectivity index (χ1v) is 5.51. The Morgan fingerprint density at radius 3 is 2.87 bits per heavy atom. The van der Waals surface area contributed by atoms with Crippen molar-refractivity contribution in [2.24, 2.45) is 0 Å². The fraction of sp³-hybridized carbons (Fsp3) is 0.300. The average molecular weight is 296 g/mol. The van der Waals surface area contributed by atoms with Crippen LogP contribution in [-0.2, 0) is 16.0 Å². The molecule has 0 aliphatic carbocycles. The minimum absolute atomic E-state index is 0.124. The number of carbonyl (C=O) groups is 1. The van der Waals surface area contributed by atoms with Crippen molar-refractivity contribution >= 4 is 33.5 Å². The summed E-state index contributed by atoms with van der Waals surface area (Å²) in [6, 6.07) is 2.65. The SMILES string of the molecule is CCOC(=O)Cc1c(F)ccc(Cl)c1Br. The summed E-state index contributed by atoms with van der Waals surface area (Å²) in [5, 5.41) is 0.371. The Hall–Kier alpha value is -0.610. The molecule has 0 spiro atoms. The van der Waals surface area contributed by atoms with Crippen molar-refractivity contribution in [2.45, 2.75) is 13.3 Å². The van der Waals surface area contributed by atoms with E-state index in [1.54, 1.807) is 6.92 Å². The normalized spacial score (nSPS) is 10.1. The molecule has 0 bridgehead atoms. The molecule has 0 atom stereocenters. The van der Waals surface area contributed by atoms with Crippen LogP contribution in [0.1, 0.15) is 12.5 Å². The fourth-order valence-electron chi connectivity index (χ4n) is 1.09. The molecular formula is C10H9BrClFO2. The Morgan fingerprint density at radius 2 is 2.27 bits per heavy atom. The molecular weight excluding hydrogens is 286 g/mol. The Kier molecular flexibility index (Phi) is 4.54. The lowest BCUT2D eigenvalue weighted by Crippen LogP contribution is -2.09. The molecule has 0 aliphatic rings. The predicted molar refractivity (Wildman–Crippen MR) is 59.4 cm³/mol. The van der Waals surface area contributed by atoms with Crippen molar-refractivity contribution in [2.75, 3.05) is 6.61 Å². The van der Waals surface area contributed by atoms with Crippen molar-refractivity contribution in [3.05, 3.63) is 33.0 Å². The molecule has 1 aromatic rings. The van der Waals surface area contributed by atoms with Crippen LogP contribution in [0, 0.1) is 5.82 Å². The fourth-order valence-corrected chi connectivity index (χ4v) is 1.73. The van der Waals surface area contributed by atoms with Gasteiger partial charge < -0.3 is 4.74 Å². The van der Waals surface area contributed by atoms with Crippen LogP contribution in [0.15, 0.2) is 16.6 Å². The number of hydrogen-bond acceptors (Lipinski definition) is 2. The summed E-state index contributed by atoms with van der Waals surface area (Å²) in [5.41, 5.74) is 0.223. The molecule has 15 heavy (non-hydrogen) atoms. The van der Waals surface area contributed by atoms with Crippen LogP contribution < -0.4 is 0 Å². The second-order valence-electron chi connectivity index (χ2n) is 2.80. The third-order valence-corrected chi connectivity index (χ3v) is 3.21. The van der Waals surface area contributed by atoms with Crippen molar-refractivity contribution in [3.8, 4) is 0 Å². The highest BCUT2D eigenvalue weighted by Crippen LogP contribution is 2.28. The van der Waals surface area contributed by atoms with Gasteiger partial charge in [0.25, 0.3) is 0 Å². The number of rotatable bonds is 3. The smallest absolute Gasteiger partial charge is 0.310 e. The van der Waals surface area contributed by atoms with Gasteiger partial charge in [-0.2, -0.15) is 0 Å². The van der Waals surface area contributed by atoms with Gasteiger partial charge in [0.1, 0.15) is 5.82 Å². The maximum atomic E-state index is 13.3. The number of benzene rings is 1. The van der Waals surface area contributed by atoms with Crippen LogP contribution >= 0.6 is 27.5 Å². The highest BCUT2D eigenvalue weighted by molar-refractivity contribution is 9.10. The lowest BCUT2D eigenvalue weighted by atomic mass is 10.1. The first-order valence-electron chi connectivity index (χ1n) is 4.34. The average Bonchev–Trinajstić information content (AvgIpc) is 2.19. The predicted octanol–water partition coefficient (Wildman–Crippen LogP) is 3.35. The zero-order valence-electron chi connectivity index (χ0n) is 8.02. The third kappa shape index (κ3) is 3.18. The van der Waals surface area contributed by atoms with Crippen molar-refractivity contribution < 1.29 is 13.9 Å². The molecule has 5 heteroatoms. The zero-order valence-corrected chi connectivity index (χ0v) is 10.4. The van der Waals surface area contributed by atoms with Gasteiger partial charge in [0.2, 0.25) is 0 Å². The van der Waals surface area contributed by atoms with Gasteiger partial charge in [0.15, 0.2) is 0 Å². The monoisotopic (exact) mass is 294 g/mol. The summed E-state index contributed by atoms with van der Waals surface area (Å²) < 4.78 is 18.5. The summed E-state index contributed by atoms with van der Waals surface area (Å²) in [7, 11) is 0. The largest absolute Gasteiger partial charge is 0.466 e. The Morgan fingerprint density at radius 1 is 1.60 bits per heavy atom. The molecule has 1 rings (SSSR count). The molecule has 0 unspecified atom stereocenters. The maximum absolute atomic E-state index is 13.3. The van der Waals surface area contributed by atoms with Gasteiger partial charge in [-0.05, 0) is 35.0 Å². The van der Waals surface area contributed by atoms with E-state index in [1.807, 2.05) is 0 Å². The van der Waals surface area contributed by atoms with Crippen LogP contribution in [0.3, 0.4) is 0 Å². The molecule has 0 saturated carbocycles. The lowest BCUT2D eigenvalue weighted by molar-refractivity contribution is -0.142. The van der Waals surface area contributed by atoms with E-state index in [4.69, 9.17) is 16.3 Å². The number of carbonyl (C=O) groups excluding carboxylic acids is 1. The minimum Gasteiger partial charge on any atom is -0.466 e. The van der Waals surface area contributed by atoms with E-state index in [2.05, 4.69) is 15.9 Å². The summed E-state index contributed by atoms with van der Waals surface area (Å²) in [6.45, 7) is 1.97. The Bertz CT molecular complexity index is 382. The van der Waals surface area contributed by atoms with E-state index in [9.17, 15) is 9.18 Å². The van der Waals surface area contributed by atoms with Crippen LogP contribution in [0.5, 0.6) is 0 Å². The van der Waals surface area contributed by atoms with Crippen LogP contribution in [0.2, 0.25) is 5.02 Å². The molecule has 0 N–H and O–H groups in total. The van der Waals surface area contributed by atoms with Gasteiger partial charge in [-0.25, -0.2) is 4.39 Å². The molecule has 0 aromatic heterocycles. The summed E-state index contributed by atoms with van der Waals surface area (Å²) in [4.78, 5) is 11.2. The first-order chi connectivity index (χ1) is 7.06. The first kappa shape index (κ1) is 12.5. The van der Waals surface area contributed by atoms with E-state index in [-0.39, 0.29) is 18.6 Å². The van der Waals surface area contributed by atoms with Gasteiger partial charge in [-0.1, -0.05) is 11.6 Å². The zero-order chi connectivity index (χ0) is 11.4. The van der Waals surface area contributed by atoms with Gasteiger partial charge in [0.05, 0.1) is 18.1 Å². The standard InChI is InChI=1S/C10H9BrClFO2/c1-2-15-9(14)5-6-8(13)4-3-7(12)10(6)11/h3-4H,2,5H2,1H3. The molecule has 82 valence electrons. The van der Waals surface area contributed by atoms with Crippen LogP contribution in [-0.4, -0.2) is 12.6 Å². The van der Waals surface area contributed by atoms with Crippen molar-refractivity contribution in [3.63, 3.8) is 0 Å². The minimum atomic E-state index is -0.473. The second kappa shape index (κ2) is 5.47. The molecule has 0 aliphatic heterocycles. The van der Waals surface area contributed by atoms with E-state index in [1.165, 1.54) is 12.1 Å². The molecule has 0 amide bonds. The van der Waals surface area contributed by atoms with Gasteiger partial charge >= 0.3 is 5.97 Å². The van der Waals surface area contributed by atoms with E-state index in [0.717, 1.165) is 0 Å². The summed E-state index contributed by atoms with van der Waals surface area (Å²) >= 11 is 8.91. The summed E-state index contributed by atoms with van der Waals surface area (Å²) in [5.74, 6) is -0.946. The lowest BCUT2D eigenvalue weighted by Gasteiger charge is -2.07. The molecule has 2 nitrogen and oxygen atoms in total. The molecule has 0 saturated heterocycles. The molecule has 1 aromatic carbocycles. The van der Waals surface area contributed by atoms with E-state index < -0.39 is 11.8 Å². The number of hydrogen-bond donors (Lipinski definition) is 0. The quantitative estimate of drug-likeness (QED) is 0.631. The van der Waals surface area contributed by atoms with Gasteiger partial charge in [0, 0.05) is 10.0 Å². The Balaban J connectivity index is 2.93.